The van der Waals surface area contributed by atoms with Crippen LogP contribution in [-0.2, 0) is 16.1 Å². The Balaban J connectivity index is 1.55. The lowest BCUT2D eigenvalue weighted by molar-refractivity contribution is -0.123. The van der Waals surface area contributed by atoms with Crippen LogP contribution in [0.2, 0.25) is 0 Å². The van der Waals surface area contributed by atoms with Crippen LogP contribution in [0.1, 0.15) is 28.5 Å². The third kappa shape index (κ3) is 5.40. The summed E-state index contributed by atoms with van der Waals surface area (Å²) in [6.45, 7) is 2.04. The van der Waals surface area contributed by atoms with E-state index in [1.165, 1.54) is 18.3 Å². The second-order valence-corrected chi connectivity index (χ2v) is 6.93. The number of anilines is 2. The van der Waals surface area contributed by atoms with Crippen molar-refractivity contribution in [3.8, 4) is 6.07 Å². The normalized spacial score (nSPS) is 11.2. The minimum Gasteiger partial charge on any atom is -0.448 e. The van der Waals surface area contributed by atoms with Crippen LogP contribution < -0.4 is 10.6 Å². The van der Waals surface area contributed by atoms with E-state index in [4.69, 9.17) is 10.00 Å². The molecule has 0 saturated carbocycles. The maximum atomic E-state index is 12.3. The monoisotopic (exact) mass is 406 g/mol. The Morgan fingerprint density at radius 2 is 1.90 bits per heavy atom. The molecule has 1 atom stereocenters. The van der Waals surface area contributed by atoms with Crippen LogP contribution >= 0.6 is 11.3 Å². The zero-order chi connectivity index (χ0) is 20.6. The second kappa shape index (κ2) is 9.48. The molecule has 8 heteroatoms. The van der Waals surface area contributed by atoms with Crippen LogP contribution in [0.15, 0.2) is 60.0 Å². The molecule has 0 aliphatic rings. The number of amides is 1. The fraction of sp³-hybridized carbons (Fsp3) is 0.143. The molecule has 0 bridgehead atoms. The average Bonchev–Trinajstić information content (AvgIpc) is 3.22. The Kier molecular flexibility index (Phi) is 6.55. The lowest BCUT2D eigenvalue weighted by Crippen LogP contribution is -2.30. The fourth-order valence-corrected chi connectivity index (χ4v) is 3.10. The molecule has 29 heavy (non-hydrogen) atoms. The fourth-order valence-electron chi connectivity index (χ4n) is 2.42. The number of hydrogen-bond donors (Lipinski definition) is 2. The third-order valence-corrected chi connectivity index (χ3v) is 4.76. The lowest BCUT2D eigenvalue weighted by Gasteiger charge is -2.13. The predicted molar refractivity (Wildman–Crippen MR) is 111 cm³/mol. The number of benzene rings is 2. The molecular weight excluding hydrogens is 388 g/mol. The highest BCUT2D eigenvalue weighted by Gasteiger charge is 2.21. The van der Waals surface area contributed by atoms with Crippen molar-refractivity contribution in [1.29, 1.82) is 5.26 Å². The van der Waals surface area contributed by atoms with Crippen LogP contribution in [-0.4, -0.2) is 23.0 Å². The van der Waals surface area contributed by atoms with E-state index in [0.29, 0.717) is 22.9 Å². The second-order valence-electron chi connectivity index (χ2n) is 6.07. The number of carbonyl (C=O) groups is 2. The largest absolute Gasteiger partial charge is 0.448 e. The number of nitrogens with one attached hydrogen (secondary N) is 2. The summed E-state index contributed by atoms with van der Waals surface area (Å²) in [6, 6.07) is 18.4. The molecular formula is C21H18N4O3S. The number of aromatic nitrogens is 1. The standard InChI is InChI=1S/C21H18N4O3S/c1-14(19(26)24-17-10-6-5-9-16(17)11-22)28-20(27)18-13-29-21(25-18)23-12-15-7-3-2-4-8-15/h2-10,13-14H,12H2,1H3,(H,23,25)(H,24,26). The molecule has 7 nitrogen and oxygen atoms in total. The van der Waals surface area contributed by atoms with E-state index in [1.807, 2.05) is 36.4 Å². The summed E-state index contributed by atoms with van der Waals surface area (Å²) < 4.78 is 5.20. The van der Waals surface area contributed by atoms with Gasteiger partial charge in [-0.15, -0.1) is 11.3 Å². The van der Waals surface area contributed by atoms with Gasteiger partial charge in [0.05, 0.1) is 11.3 Å². The average molecular weight is 406 g/mol. The number of nitrogens with zero attached hydrogens (tertiary/aromatic N) is 2. The molecule has 0 aliphatic heterocycles. The first kappa shape index (κ1) is 20.0. The van der Waals surface area contributed by atoms with Gasteiger partial charge in [0.1, 0.15) is 6.07 Å². The number of nitriles is 1. The van der Waals surface area contributed by atoms with Crippen LogP contribution in [0, 0.1) is 11.3 Å². The van der Waals surface area contributed by atoms with Crippen molar-refractivity contribution in [2.24, 2.45) is 0 Å². The van der Waals surface area contributed by atoms with Gasteiger partial charge < -0.3 is 15.4 Å². The molecule has 1 amide bonds. The van der Waals surface area contributed by atoms with Crippen LogP contribution in [0.25, 0.3) is 0 Å². The summed E-state index contributed by atoms with van der Waals surface area (Å²) >= 11 is 1.28. The van der Waals surface area contributed by atoms with E-state index in [-0.39, 0.29) is 5.69 Å². The van der Waals surface area contributed by atoms with Crippen LogP contribution in [0.3, 0.4) is 0 Å². The Bertz CT molecular complexity index is 1040. The summed E-state index contributed by atoms with van der Waals surface area (Å²) in [5.74, 6) is -1.22. The number of esters is 1. The van der Waals surface area contributed by atoms with Crippen molar-refractivity contribution in [3.63, 3.8) is 0 Å². The Labute approximate surface area is 172 Å². The zero-order valence-corrected chi connectivity index (χ0v) is 16.4. The van der Waals surface area contributed by atoms with Gasteiger partial charge in [0.2, 0.25) is 0 Å². The van der Waals surface area contributed by atoms with Gasteiger partial charge in [-0.25, -0.2) is 9.78 Å². The molecule has 0 fully saturated rings. The van der Waals surface area contributed by atoms with Crippen molar-refractivity contribution >= 4 is 34.0 Å². The van der Waals surface area contributed by atoms with Gasteiger partial charge in [0, 0.05) is 11.9 Å². The molecule has 0 aliphatic carbocycles. The topological polar surface area (TPSA) is 104 Å². The molecule has 146 valence electrons. The molecule has 0 spiro atoms. The van der Waals surface area contributed by atoms with E-state index in [9.17, 15) is 9.59 Å². The highest BCUT2D eigenvalue weighted by Crippen LogP contribution is 2.18. The maximum absolute atomic E-state index is 12.3. The Morgan fingerprint density at radius 3 is 2.66 bits per heavy atom. The minimum absolute atomic E-state index is 0.127. The van der Waals surface area contributed by atoms with Gasteiger partial charge in [-0.2, -0.15) is 5.26 Å². The van der Waals surface area contributed by atoms with Gasteiger partial charge in [-0.05, 0) is 24.6 Å². The van der Waals surface area contributed by atoms with E-state index in [1.54, 1.807) is 29.6 Å². The summed E-state index contributed by atoms with van der Waals surface area (Å²) in [6.07, 6.45) is -1.04. The molecule has 2 aromatic carbocycles. The molecule has 3 rings (SSSR count). The first-order valence-electron chi connectivity index (χ1n) is 8.81. The molecule has 0 radical (unpaired) electrons. The Hall–Kier alpha value is -3.70. The first-order chi connectivity index (χ1) is 14.1. The minimum atomic E-state index is -1.04. The number of thiazole rings is 1. The van der Waals surface area contributed by atoms with Gasteiger partial charge in [0.15, 0.2) is 16.9 Å². The van der Waals surface area contributed by atoms with Crippen molar-refractivity contribution in [2.45, 2.75) is 19.6 Å². The third-order valence-electron chi connectivity index (χ3n) is 3.96. The van der Waals surface area contributed by atoms with Gasteiger partial charge in [-0.3, -0.25) is 4.79 Å². The number of carbonyl (C=O) groups excluding carboxylic acids is 2. The SMILES string of the molecule is CC(OC(=O)c1csc(NCc2ccccc2)n1)C(=O)Nc1ccccc1C#N. The molecule has 1 aromatic heterocycles. The maximum Gasteiger partial charge on any atom is 0.358 e. The number of rotatable bonds is 7. The van der Waals surface area contributed by atoms with Crippen molar-refractivity contribution in [1.82, 2.24) is 4.98 Å². The van der Waals surface area contributed by atoms with Gasteiger partial charge in [0.25, 0.3) is 5.91 Å². The highest BCUT2D eigenvalue weighted by atomic mass is 32.1. The van der Waals surface area contributed by atoms with Crippen molar-refractivity contribution in [3.05, 3.63) is 76.8 Å². The first-order valence-corrected chi connectivity index (χ1v) is 9.69. The molecule has 2 N–H and O–H groups in total. The predicted octanol–water partition coefficient (Wildman–Crippen LogP) is 3.81. The van der Waals surface area contributed by atoms with Crippen molar-refractivity contribution < 1.29 is 14.3 Å². The lowest BCUT2D eigenvalue weighted by atomic mass is 10.2. The smallest absolute Gasteiger partial charge is 0.358 e. The van der Waals surface area contributed by atoms with Crippen molar-refractivity contribution in [2.75, 3.05) is 10.6 Å². The van der Waals surface area contributed by atoms with E-state index in [0.717, 1.165) is 5.56 Å². The van der Waals surface area contributed by atoms with Crippen LogP contribution in [0.4, 0.5) is 10.8 Å². The summed E-state index contributed by atoms with van der Waals surface area (Å²) in [5.41, 5.74) is 1.91. The van der Waals surface area contributed by atoms with E-state index >= 15 is 0 Å². The Morgan fingerprint density at radius 1 is 1.17 bits per heavy atom. The number of para-hydroxylation sites is 1. The van der Waals surface area contributed by atoms with E-state index in [2.05, 4.69) is 15.6 Å². The molecule has 1 heterocycles. The summed E-state index contributed by atoms with van der Waals surface area (Å²) in [7, 11) is 0. The van der Waals surface area contributed by atoms with E-state index < -0.39 is 18.0 Å². The van der Waals surface area contributed by atoms with Crippen LogP contribution in [0.5, 0.6) is 0 Å². The molecule has 3 aromatic rings. The van der Waals surface area contributed by atoms with Gasteiger partial charge >= 0.3 is 5.97 Å². The quantitative estimate of drug-likeness (QED) is 0.578. The number of ether oxygens (including phenoxy) is 1. The summed E-state index contributed by atoms with van der Waals surface area (Å²) in [4.78, 5) is 28.8. The molecule has 0 saturated heterocycles. The molecule has 1 unspecified atom stereocenters. The van der Waals surface area contributed by atoms with Gasteiger partial charge in [-0.1, -0.05) is 42.5 Å². The highest BCUT2D eigenvalue weighted by molar-refractivity contribution is 7.13. The summed E-state index contributed by atoms with van der Waals surface area (Å²) in [5, 5.41) is 17.0. The number of hydrogen-bond acceptors (Lipinski definition) is 7. The zero-order valence-electron chi connectivity index (χ0n) is 15.6.